The van der Waals surface area contributed by atoms with Crippen molar-refractivity contribution < 1.29 is 34.2 Å². The number of hydrogen-bond donors (Lipinski definition) is 7. The molecule has 0 spiro atoms. The number of phenolic OH excluding ortho intramolecular Hbond substituents is 1. The van der Waals surface area contributed by atoms with E-state index in [9.17, 15) is 34.2 Å². The molecule has 1 aliphatic rings. The highest BCUT2D eigenvalue weighted by atomic mass is 16.4. The van der Waals surface area contributed by atoms with Gasteiger partial charge in [0.25, 0.3) is 0 Å². The number of carbonyl (C=O) groups excluding carboxylic acids is 4. The maximum Gasteiger partial charge on any atom is 0.326 e. The molecule has 0 aliphatic carbocycles. The average molecular weight is 449 g/mol. The Balaban J connectivity index is 1.89. The first-order valence-electron chi connectivity index (χ1n) is 10.1. The minimum absolute atomic E-state index is 0.0219. The summed E-state index contributed by atoms with van der Waals surface area (Å²) in [7, 11) is 0. The highest BCUT2D eigenvalue weighted by Crippen LogP contribution is 2.11. The smallest absolute Gasteiger partial charge is 0.326 e. The molecule has 1 aromatic carbocycles. The number of phenols is 1. The molecular weight excluding hydrogens is 422 g/mol. The van der Waals surface area contributed by atoms with Crippen LogP contribution in [-0.2, 0) is 30.4 Å². The molecule has 12 heteroatoms. The largest absolute Gasteiger partial charge is 0.508 e. The van der Waals surface area contributed by atoms with E-state index in [0.717, 1.165) is 6.42 Å². The van der Waals surface area contributed by atoms with Gasteiger partial charge in [0.05, 0.1) is 19.0 Å². The van der Waals surface area contributed by atoms with Gasteiger partial charge in [0.2, 0.25) is 23.6 Å². The highest BCUT2D eigenvalue weighted by Gasteiger charge is 2.29. The molecule has 1 aliphatic heterocycles. The van der Waals surface area contributed by atoms with E-state index < -0.39 is 60.7 Å². The van der Waals surface area contributed by atoms with Crippen molar-refractivity contribution in [3.05, 3.63) is 29.8 Å². The zero-order valence-corrected chi connectivity index (χ0v) is 17.3. The Morgan fingerprint density at radius 3 is 2.34 bits per heavy atom. The van der Waals surface area contributed by atoms with Crippen LogP contribution in [-0.4, -0.2) is 71.0 Å². The summed E-state index contributed by atoms with van der Waals surface area (Å²) < 4.78 is 0. The van der Waals surface area contributed by atoms with Crippen molar-refractivity contribution in [3.63, 3.8) is 0 Å². The van der Waals surface area contributed by atoms with E-state index in [2.05, 4.69) is 21.3 Å². The SMILES string of the molecule is NC(=O)CC(NC(=O)C1CCCN1)C(=O)NCC(=O)NC(Cc1ccc(O)cc1)C(=O)O. The van der Waals surface area contributed by atoms with Gasteiger partial charge in [0.1, 0.15) is 17.8 Å². The molecule has 0 radical (unpaired) electrons. The molecule has 174 valence electrons. The van der Waals surface area contributed by atoms with Crippen LogP contribution in [0.25, 0.3) is 0 Å². The number of primary amides is 1. The summed E-state index contributed by atoms with van der Waals surface area (Å²) in [6, 6.07) is 2.83. The average Bonchev–Trinajstić information content (AvgIpc) is 3.27. The second kappa shape index (κ2) is 11.6. The first kappa shape index (κ1) is 24.6. The molecule has 32 heavy (non-hydrogen) atoms. The summed E-state index contributed by atoms with van der Waals surface area (Å²) in [6.45, 7) is 0.102. The summed E-state index contributed by atoms with van der Waals surface area (Å²) in [6.07, 6.45) is 0.908. The van der Waals surface area contributed by atoms with Gasteiger partial charge in [0, 0.05) is 6.42 Å². The summed E-state index contributed by atoms with van der Waals surface area (Å²) >= 11 is 0. The Bertz CT molecular complexity index is 852. The molecule has 1 aromatic rings. The molecule has 0 bridgehead atoms. The lowest BCUT2D eigenvalue weighted by molar-refractivity contribution is -0.141. The monoisotopic (exact) mass is 449 g/mol. The lowest BCUT2D eigenvalue weighted by Crippen LogP contribution is -2.54. The number of nitrogens with one attached hydrogen (secondary N) is 4. The molecule has 3 unspecified atom stereocenters. The molecule has 2 rings (SSSR count). The van der Waals surface area contributed by atoms with Gasteiger partial charge in [-0.3, -0.25) is 19.2 Å². The Hall–Kier alpha value is -3.67. The van der Waals surface area contributed by atoms with Crippen molar-refractivity contribution in [1.29, 1.82) is 0 Å². The Morgan fingerprint density at radius 2 is 1.78 bits per heavy atom. The lowest BCUT2D eigenvalue weighted by Gasteiger charge is -2.20. The number of rotatable bonds is 11. The second-order valence-electron chi connectivity index (χ2n) is 7.43. The number of aliphatic carboxylic acids is 1. The third kappa shape index (κ3) is 7.87. The molecule has 4 amide bonds. The van der Waals surface area contributed by atoms with Crippen LogP contribution >= 0.6 is 0 Å². The lowest BCUT2D eigenvalue weighted by atomic mass is 10.1. The third-order valence-corrected chi connectivity index (χ3v) is 4.85. The summed E-state index contributed by atoms with van der Waals surface area (Å²) in [4.78, 5) is 59.5. The van der Waals surface area contributed by atoms with Gasteiger partial charge >= 0.3 is 5.97 Å². The molecule has 1 heterocycles. The van der Waals surface area contributed by atoms with Crippen LogP contribution in [0.1, 0.15) is 24.8 Å². The van der Waals surface area contributed by atoms with E-state index in [-0.39, 0.29) is 12.2 Å². The van der Waals surface area contributed by atoms with Crippen LogP contribution < -0.4 is 27.0 Å². The Labute approximate surface area is 183 Å². The van der Waals surface area contributed by atoms with Gasteiger partial charge in [-0.1, -0.05) is 12.1 Å². The van der Waals surface area contributed by atoms with Crippen molar-refractivity contribution in [2.45, 2.75) is 43.8 Å². The molecule has 8 N–H and O–H groups in total. The van der Waals surface area contributed by atoms with E-state index in [0.29, 0.717) is 18.5 Å². The molecule has 1 saturated heterocycles. The molecule has 0 aromatic heterocycles. The fraction of sp³-hybridized carbons (Fsp3) is 0.450. The maximum atomic E-state index is 12.4. The standard InChI is InChI=1S/C20H27N5O7/c21-16(27)9-14(25-19(30)13-2-1-7-22-13)18(29)23-10-17(28)24-15(20(31)32)8-11-3-5-12(26)6-4-11/h3-6,13-15,22,26H,1-2,7-10H2,(H2,21,27)(H,23,29)(H,24,28)(H,25,30)(H,31,32). The summed E-state index contributed by atoms with van der Waals surface area (Å²) in [5.74, 6) is -4.08. The topological polar surface area (TPSA) is 200 Å². The number of carbonyl (C=O) groups is 5. The number of carboxylic acid groups (broad SMARTS) is 1. The van der Waals surface area contributed by atoms with Crippen LogP contribution in [0.4, 0.5) is 0 Å². The summed E-state index contributed by atoms with van der Waals surface area (Å²) in [5, 5.41) is 28.6. The van der Waals surface area contributed by atoms with Gasteiger partial charge in [-0.05, 0) is 37.1 Å². The highest BCUT2D eigenvalue weighted by molar-refractivity contribution is 5.95. The van der Waals surface area contributed by atoms with E-state index in [4.69, 9.17) is 5.73 Å². The normalized spacial score (nSPS) is 17.1. The fourth-order valence-electron chi connectivity index (χ4n) is 3.19. The van der Waals surface area contributed by atoms with Crippen LogP contribution in [0.5, 0.6) is 5.75 Å². The van der Waals surface area contributed by atoms with Crippen molar-refractivity contribution >= 4 is 29.6 Å². The maximum absolute atomic E-state index is 12.4. The second-order valence-corrected chi connectivity index (χ2v) is 7.43. The van der Waals surface area contributed by atoms with Crippen LogP contribution in [0.2, 0.25) is 0 Å². The van der Waals surface area contributed by atoms with Crippen molar-refractivity contribution in [1.82, 2.24) is 21.3 Å². The zero-order chi connectivity index (χ0) is 23.7. The molecule has 3 atom stereocenters. The first-order valence-corrected chi connectivity index (χ1v) is 10.1. The van der Waals surface area contributed by atoms with E-state index in [1.54, 1.807) is 0 Å². The molecular formula is C20H27N5O7. The molecule has 0 saturated carbocycles. The van der Waals surface area contributed by atoms with Gasteiger partial charge in [0.15, 0.2) is 0 Å². The predicted molar refractivity (Wildman–Crippen MR) is 111 cm³/mol. The van der Waals surface area contributed by atoms with Gasteiger partial charge in [-0.25, -0.2) is 4.79 Å². The van der Waals surface area contributed by atoms with Gasteiger partial charge < -0.3 is 37.2 Å². The third-order valence-electron chi connectivity index (χ3n) is 4.85. The molecule has 12 nitrogen and oxygen atoms in total. The van der Waals surface area contributed by atoms with Crippen LogP contribution in [0.3, 0.4) is 0 Å². The van der Waals surface area contributed by atoms with Gasteiger partial charge in [-0.15, -0.1) is 0 Å². The Morgan fingerprint density at radius 1 is 1.09 bits per heavy atom. The van der Waals surface area contributed by atoms with Crippen molar-refractivity contribution in [2.75, 3.05) is 13.1 Å². The number of nitrogens with two attached hydrogens (primary N) is 1. The fourth-order valence-corrected chi connectivity index (χ4v) is 3.19. The van der Waals surface area contributed by atoms with Crippen LogP contribution in [0.15, 0.2) is 24.3 Å². The number of hydrogen-bond acceptors (Lipinski definition) is 7. The number of carboxylic acids is 1. The van der Waals surface area contributed by atoms with Crippen molar-refractivity contribution in [2.24, 2.45) is 5.73 Å². The van der Waals surface area contributed by atoms with Crippen molar-refractivity contribution in [3.8, 4) is 5.75 Å². The Kier molecular flexibility index (Phi) is 8.95. The van der Waals surface area contributed by atoms with Crippen LogP contribution in [0, 0.1) is 0 Å². The van der Waals surface area contributed by atoms with E-state index >= 15 is 0 Å². The van der Waals surface area contributed by atoms with E-state index in [1.807, 2.05) is 0 Å². The zero-order valence-electron chi connectivity index (χ0n) is 17.3. The minimum atomic E-state index is -1.28. The van der Waals surface area contributed by atoms with E-state index in [1.165, 1.54) is 24.3 Å². The van der Waals surface area contributed by atoms with Gasteiger partial charge in [-0.2, -0.15) is 0 Å². The summed E-state index contributed by atoms with van der Waals surface area (Å²) in [5.41, 5.74) is 5.73. The number of aromatic hydroxyl groups is 1. The number of amides is 4. The molecule has 1 fully saturated rings. The quantitative estimate of drug-likeness (QED) is 0.196. The minimum Gasteiger partial charge on any atom is -0.508 e. The predicted octanol–water partition coefficient (Wildman–Crippen LogP) is -2.27. The first-order chi connectivity index (χ1) is 15.2. The number of benzene rings is 1.